The SMILES string of the molecule is CCC(CC)CCC1CN2CCN(CC(=O)O)CCN1CC(=O)[O][Al]([18F])[O]C(=O)C2.CCC(CC)CCCn1cc(COCCOCCOCC[18F])nn1. The average molecular weight is 789 g/mol. The van der Waals surface area contributed by atoms with Gasteiger partial charge in [0.15, 0.2) is 0 Å². The second-order valence-electron chi connectivity index (χ2n) is 13.8. The van der Waals surface area contributed by atoms with Gasteiger partial charge in [0.05, 0.1) is 65.5 Å². The molecule has 54 heavy (non-hydrogen) atoms. The van der Waals surface area contributed by atoms with Gasteiger partial charge in [0.1, 0.15) is 12.4 Å². The Hall–Kier alpha value is -2.30. The second kappa shape index (κ2) is 29.0. The molecule has 2 saturated heterocycles. The van der Waals surface area contributed by atoms with E-state index < -0.39 is 39.9 Å². The van der Waals surface area contributed by atoms with Crippen molar-refractivity contribution in [2.45, 2.75) is 98.3 Å². The summed E-state index contributed by atoms with van der Waals surface area (Å²) in [5.74, 6) is -1.03. The maximum atomic E-state index is 13.9. The van der Waals surface area contributed by atoms with Crippen LogP contribution in [0, 0.1) is 11.8 Å². The highest BCUT2D eigenvalue weighted by Crippen LogP contribution is 2.21. The molecule has 3 heterocycles. The van der Waals surface area contributed by atoms with Crippen molar-refractivity contribution in [1.29, 1.82) is 0 Å². The molecular weight excluding hydrogens is 723 g/mol. The minimum Gasteiger partial charge on any atom is -0.558 e. The fraction of sp³-hybridized carbons (Fsp3) is 0.861. The van der Waals surface area contributed by atoms with Gasteiger partial charge in [-0.25, -0.2) is 4.39 Å². The maximum Gasteiger partial charge on any atom is 1.15 e. The Morgan fingerprint density at radius 3 is 2.17 bits per heavy atom. The van der Waals surface area contributed by atoms with Gasteiger partial charge in [0, 0.05) is 45.3 Å². The zero-order valence-corrected chi connectivity index (χ0v) is 34.2. The Morgan fingerprint density at radius 2 is 1.52 bits per heavy atom. The van der Waals surface area contributed by atoms with Gasteiger partial charge < -0.3 is 30.4 Å². The third kappa shape index (κ3) is 21.1. The molecule has 1 aromatic rings. The summed E-state index contributed by atoms with van der Waals surface area (Å²) in [4.78, 5) is 41.3. The number of halogens is 2. The predicted octanol–water partition coefficient (Wildman–Crippen LogP) is 3.64. The minimum absolute atomic E-state index is 0.0199. The first-order valence-corrected chi connectivity index (χ1v) is 21.1. The standard InChI is InChI=1S/C19H35N3O6.C17H32FN3O3.Al.FH/c1-3-15(4-2)5-6-16-11-21(13-18(25)26)8-7-20(12-17(23)24)9-10-22(16)14-19(27)28;1-3-16(4-2)6-5-8-21-14-17(19-20-21)15-24-13-12-23-11-10-22-9-7-18;;/h15-16H,3-14H2,1-2H3,(H,23,24)(H,25,26)(H,27,28);14,16H,3-13,15H2,1-2H3;;1H/q;;+3;/p-3/i;18-1;;1-1. The molecule has 0 aromatic carbocycles. The highest BCUT2D eigenvalue weighted by Gasteiger charge is 2.43. The van der Waals surface area contributed by atoms with Gasteiger partial charge in [-0.05, 0) is 37.5 Å². The highest BCUT2D eigenvalue weighted by molar-refractivity contribution is 6.41. The van der Waals surface area contributed by atoms with Crippen LogP contribution in [0.3, 0.4) is 0 Å². The van der Waals surface area contributed by atoms with Crippen LogP contribution < -0.4 is 0 Å². The number of aliphatic carboxylic acids is 1. The van der Waals surface area contributed by atoms with E-state index in [4.69, 9.17) is 21.8 Å². The monoisotopic (exact) mass is 788 g/mol. The van der Waals surface area contributed by atoms with Crippen molar-refractivity contribution in [3.8, 4) is 0 Å². The molecule has 15 nitrogen and oxygen atoms in total. The summed E-state index contributed by atoms with van der Waals surface area (Å²) in [6.45, 7) is 13.8. The molecule has 0 spiro atoms. The summed E-state index contributed by atoms with van der Waals surface area (Å²) < 4.78 is 52.8. The van der Waals surface area contributed by atoms with E-state index >= 15 is 0 Å². The highest BCUT2D eigenvalue weighted by atomic mass is 27.3. The number of hydrogen-bond donors (Lipinski definition) is 1. The van der Waals surface area contributed by atoms with Crippen molar-refractivity contribution in [2.75, 3.05) is 92.1 Å². The van der Waals surface area contributed by atoms with E-state index in [0.717, 1.165) is 50.3 Å². The maximum absolute atomic E-state index is 13.9. The number of ether oxygens (including phenoxy) is 3. The summed E-state index contributed by atoms with van der Waals surface area (Å²) in [6.07, 6.45) is 10.8. The minimum atomic E-state index is -3.86. The van der Waals surface area contributed by atoms with Crippen LogP contribution in [0.4, 0.5) is 7.91 Å². The van der Waals surface area contributed by atoms with E-state index in [-0.39, 0.29) is 32.3 Å². The Kier molecular flexibility index (Phi) is 25.7. The lowest BCUT2D eigenvalue weighted by Crippen LogP contribution is -2.48. The van der Waals surface area contributed by atoms with Crippen LogP contribution >= 0.6 is 0 Å². The molecule has 2 aliphatic rings. The summed E-state index contributed by atoms with van der Waals surface area (Å²) in [5.41, 5.74) is 0.837. The molecule has 3 unspecified atom stereocenters. The molecular formula is C36H65AlF2N6O9. The molecule has 310 valence electrons. The molecule has 2 bridgehead atoms. The van der Waals surface area contributed by atoms with Crippen LogP contribution in [0.15, 0.2) is 6.20 Å². The Bertz CT molecular complexity index is 1170. The summed E-state index contributed by atoms with van der Waals surface area (Å²) >= 11 is -3.86. The molecule has 2 fully saturated rings. The summed E-state index contributed by atoms with van der Waals surface area (Å²) in [5, 5.41) is 17.4. The topological polar surface area (TPSA) is 158 Å². The number of nitrogens with zero attached hydrogens (tertiary/aromatic N) is 6. The lowest BCUT2D eigenvalue weighted by Gasteiger charge is -2.34. The molecule has 0 radical (unpaired) electrons. The van der Waals surface area contributed by atoms with E-state index in [1.54, 1.807) is 4.90 Å². The van der Waals surface area contributed by atoms with Crippen LogP contribution in [0.1, 0.15) is 84.8 Å². The Morgan fingerprint density at radius 1 is 0.907 bits per heavy atom. The molecule has 3 atom stereocenters. The van der Waals surface area contributed by atoms with Crippen LogP contribution in [0.25, 0.3) is 0 Å². The smallest absolute Gasteiger partial charge is 0.558 e. The summed E-state index contributed by atoms with van der Waals surface area (Å²) in [6, 6.07) is -0.0199. The molecule has 0 saturated carbocycles. The quantitative estimate of drug-likeness (QED) is 0.127. The van der Waals surface area contributed by atoms with Gasteiger partial charge in [-0.3, -0.25) is 33.8 Å². The van der Waals surface area contributed by atoms with Gasteiger partial charge in [0.2, 0.25) is 0 Å². The molecule has 1 N–H and O–H groups in total. The fourth-order valence-electron chi connectivity index (χ4n) is 6.53. The van der Waals surface area contributed by atoms with Crippen LogP contribution in [0.5, 0.6) is 0 Å². The number of aromatic nitrogens is 3. The van der Waals surface area contributed by atoms with E-state index in [1.165, 1.54) is 19.3 Å². The normalized spacial score (nSPS) is 20.1. The number of carboxylic acids is 1. The first-order chi connectivity index (χ1) is 26.1. The number of carbonyl (C=O) groups excluding carboxylic acids is 2. The van der Waals surface area contributed by atoms with Crippen LogP contribution in [-0.4, -0.2) is 166 Å². The van der Waals surface area contributed by atoms with Gasteiger partial charge in [-0.15, -0.1) is 5.10 Å². The van der Waals surface area contributed by atoms with Crippen LogP contribution in [-0.2, 0) is 49.3 Å². The Balaban J connectivity index is 0.000000383. The average Bonchev–Trinajstić information content (AvgIpc) is 3.61. The third-order valence-corrected chi connectivity index (χ3v) is 10.8. The largest absolute Gasteiger partial charge is 1.15 e. The predicted molar refractivity (Wildman–Crippen MR) is 199 cm³/mol. The first kappa shape index (κ1) is 47.9. The Labute approximate surface area is 325 Å². The lowest BCUT2D eigenvalue weighted by atomic mass is 9.94. The molecule has 0 amide bonds. The van der Waals surface area contributed by atoms with E-state index in [2.05, 4.69) is 38.0 Å². The van der Waals surface area contributed by atoms with Crippen molar-refractivity contribution in [3.63, 3.8) is 0 Å². The first-order valence-electron chi connectivity index (χ1n) is 19.7. The van der Waals surface area contributed by atoms with E-state index in [0.29, 0.717) is 71.7 Å². The second-order valence-corrected chi connectivity index (χ2v) is 14.8. The van der Waals surface area contributed by atoms with Crippen molar-refractivity contribution >= 4 is 33.2 Å². The molecule has 2 aliphatic heterocycles. The zero-order chi connectivity index (χ0) is 39.6. The number of aryl methyl sites for hydroxylation is 1. The number of carboxylic acid groups (broad SMARTS) is 1. The van der Waals surface area contributed by atoms with Crippen LogP contribution in [0.2, 0.25) is 0 Å². The third-order valence-electron chi connectivity index (χ3n) is 9.93. The van der Waals surface area contributed by atoms with Gasteiger partial charge in [0.25, 0.3) is 11.9 Å². The van der Waals surface area contributed by atoms with Crippen molar-refractivity contribution < 1.29 is 49.2 Å². The molecule has 18 heteroatoms. The molecule has 1 aromatic heterocycles. The zero-order valence-electron chi connectivity index (χ0n) is 33.0. The van der Waals surface area contributed by atoms with Gasteiger partial charge in [-0.2, -0.15) is 0 Å². The van der Waals surface area contributed by atoms with E-state index in [1.807, 2.05) is 20.7 Å². The van der Waals surface area contributed by atoms with Gasteiger partial charge >= 0.3 is 21.2 Å². The number of hydrogen-bond acceptors (Lipinski definition) is 13. The fourth-order valence-corrected chi connectivity index (χ4v) is 7.14. The van der Waals surface area contributed by atoms with E-state index in [9.17, 15) is 27.4 Å². The number of alkyl halides is 1. The summed E-state index contributed by atoms with van der Waals surface area (Å²) in [7, 11) is 0. The van der Waals surface area contributed by atoms with Crippen molar-refractivity contribution in [3.05, 3.63) is 11.9 Å². The number of rotatable bonds is 23. The van der Waals surface area contributed by atoms with Crippen molar-refractivity contribution in [2.24, 2.45) is 11.8 Å². The lowest BCUT2D eigenvalue weighted by molar-refractivity contribution is -0.143. The van der Waals surface area contributed by atoms with Gasteiger partial charge in [-0.1, -0.05) is 58.6 Å². The molecule has 3 rings (SSSR count). The number of carbonyl (C=O) groups is 3. The van der Waals surface area contributed by atoms with Crippen molar-refractivity contribution in [1.82, 2.24) is 29.7 Å². The molecule has 0 aliphatic carbocycles. The number of fused-ring (bicyclic) bond motifs is 3.